The minimum Gasteiger partial charge on any atom is -0.392 e. The third-order valence-electron chi connectivity index (χ3n) is 4.29. The predicted octanol–water partition coefficient (Wildman–Crippen LogP) is 4.61. The molecule has 0 spiro atoms. The second kappa shape index (κ2) is 7.65. The molecule has 0 bridgehead atoms. The monoisotopic (exact) mass is 374 g/mol. The summed E-state index contributed by atoms with van der Waals surface area (Å²) in [6.07, 6.45) is 5.20. The van der Waals surface area contributed by atoms with Gasteiger partial charge in [0.15, 0.2) is 5.82 Å². The largest absolute Gasteiger partial charge is 0.392 e. The molecule has 5 nitrogen and oxygen atoms in total. The summed E-state index contributed by atoms with van der Waals surface area (Å²) >= 11 is 1.69. The Morgan fingerprint density at radius 3 is 2.96 bits per heavy atom. The summed E-state index contributed by atoms with van der Waals surface area (Å²) in [7, 11) is 0. The standard InChI is InChI=1S/C21H18N4OS/c1-14-19(17-6-2-4-15(10-17)13-26)24-21(18-7-9-27-20(14)18)25-23-12-16-5-3-8-22-11-16/h2-12,26H,13H2,1H3,(H,24,25). The van der Waals surface area contributed by atoms with Crippen LogP contribution in [0.15, 0.2) is 65.3 Å². The van der Waals surface area contributed by atoms with Crippen molar-refractivity contribution in [3.8, 4) is 11.3 Å². The van der Waals surface area contributed by atoms with Crippen molar-refractivity contribution in [1.29, 1.82) is 0 Å². The van der Waals surface area contributed by atoms with E-state index in [1.807, 2.05) is 36.4 Å². The zero-order valence-electron chi connectivity index (χ0n) is 14.8. The molecular formula is C21H18N4OS. The number of benzene rings is 1. The molecule has 0 amide bonds. The molecule has 0 fully saturated rings. The molecule has 6 heteroatoms. The first kappa shape index (κ1) is 17.3. The van der Waals surface area contributed by atoms with E-state index in [-0.39, 0.29) is 6.61 Å². The zero-order valence-corrected chi connectivity index (χ0v) is 15.6. The van der Waals surface area contributed by atoms with E-state index in [0.29, 0.717) is 5.82 Å². The van der Waals surface area contributed by atoms with E-state index in [1.54, 1.807) is 29.9 Å². The van der Waals surface area contributed by atoms with Gasteiger partial charge < -0.3 is 5.11 Å². The van der Waals surface area contributed by atoms with Crippen LogP contribution in [0.25, 0.3) is 21.3 Å². The van der Waals surface area contributed by atoms with Crippen LogP contribution in [0.4, 0.5) is 5.82 Å². The first-order chi connectivity index (χ1) is 13.3. The summed E-state index contributed by atoms with van der Waals surface area (Å²) < 4.78 is 1.17. The SMILES string of the molecule is Cc1c(-c2cccc(CO)c2)nc(NN=Cc2cccnc2)c2ccsc12. The van der Waals surface area contributed by atoms with Gasteiger partial charge in [-0.15, -0.1) is 11.3 Å². The second-order valence-corrected chi connectivity index (χ2v) is 7.03. The van der Waals surface area contributed by atoms with Crippen LogP contribution >= 0.6 is 11.3 Å². The molecule has 3 aromatic heterocycles. The molecule has 0 saturated heterocycles. The molecule has 4 rings (SSSR count). The smallest absolute Gasteiger partial charge is 0.155 e. The van der Waals surface area contributed by atoms with E-state index in [1.165, 1.54) is 4.70 Å². The molecule has 3 heterocycles. The third-order valence-corrected chi connectivity index (χ3v) is 5.33. The van der Waals surface area contributed by atoms with Crippen molar-refractivity contribution in [3.63, 3.8) is 0 Å². The number of fused-ring (bicyclic) bond motifs is 1. The van der Waals surface area contributed by atoms with Crippen LogP contribution in [0.2, 0.25) is 0 Å². The summed E-state index contributed by atoms with van der Waals surface area (Å²) in [5.41, 5.74) is 7.84. The number of hydrazone groups is 1. The van der Waals surface area contributed by atoms with Crippen molar-refractivity contribution in [2.24, 2.45) is 5.10 Å². The van der Waals surface area contributed by atoms with Crippen molar-refractivity contribution < 1.29 is 5.11 Å². The zero-order chi connectivity index (χ0) is 18.6. The van der Waals surface area contributed by atoms with Crippen molar-refractivity contribution in [3.05, 3.63) is 76.9 Å². The minimum absolute atomic E-state index is 0.00858. The fraction of sp³-hybridized carbons (Fsp3) is 0.0952. The number of pyridine rings is 2. The van der Waals surface area contributed by atoms with Crippen LogP contribution in [-0.4, -0.2) is 21.3 Å². The Bertz CT molecular complexity index is 1110. The van der Waals surface area contributed by atoms with Crippen LogP contribution in [0, 0.1) is 6.92 Å². The molecule has 0 aliphatic heterocycles. The number of rotatable bonds is 5. The van der Waals surface area contributed by atoms with Gasteiger partial charge >= 0.3 is 0 Å². The van der Waals surface area contributed by atoms with Crippen LogP contribution in [0.1, 0.15) is 16.7 Å². The highest BCUT2D eigenvalue weighted by Gasteiger charge is 2.13. The molecule has 0 aliphatic rings. The van der Waals surface area contributed by atoms with E-state index < -0.39 is 0 Å². The lowest BCUT2D eigenvalue weighted by molar-refractivity contribution is 0.282. The molecule has 0 aliphatic carbocycles. The van der Waals surface area contributed by atoms with Gasteiger partial charge in [0.05, 0.1) is 18.5 Å². The van der Waals surface area contributed by atoms with Crippen molar-refractivity contribution in [1.82, 2.24) is 9.97 Å². The van der Waals surface area contributed by atoms with Gasteiger partial charge in [-0.05, 0) is 41.6 Å². The van der Waals surface area contributed by atoms with E-state index in [2.05, 4.69) is 33.9 Å². The molecule has 2 N–H and O–H groups in total. The predicted molar refractivity (Wildman–Crippen MR) is 111 cm³/mol. The first-order valence-corrected chi connectivity index (χ1v) is 9.41. The van der Waals surface area contributed by atoms with Gasteiger partial charge in [0, 0.05) is 33.6 Å². The topological polar surface area (TPSA) is 70.4 Å². The van der Waals surface area contributed by atoms with Gasteiger partial charge in [-0.2, -0.15) is 5.10 Å². The van der Waals surface area contributed by atoms with Gasteiger partial charge in [0.25, 0.3) is 0 Å². The number of hydrogen-bond acceptors (Lipinski definition) is 6. The molecule has 4 aromatic rings. The Hall–Kier alpha value is -3.09. The highest BCUT2D eigenvalue weighted by atomic mass is 32.1. The Morgan fingerprint density at radius 1 is 1.22 bits per heavy atom. The Balaban J connectivity index is 1.75. The van der Waals surface area contributed by atoms with Gasteiger partial charge in [-0.1, -0.05) is 24.3 Å². The molecule has 0 unspecified atom stereocenters. The molecule has 0 saturated carbocycles. The molecule has 0 radical (unpaired) electrons. The summed E-state index contributed by atoms with van der Waals surface area (Å²) in [5.74, 6) is 0.710. The molecule has 0 atom stereocenters. The fourth-order valence-corrected chi connectivity index (χ4v) is 3.86. The van der Waals surface area contributed by atoms with Gasteiger partial charge in [-0.25, -0.2) is 4.98 Å². The minimum atomic E-state index is 0.00858. The number of nitrogens with zero attached hydrogens (tertiary/aromatic N) is 3. The van der Waals surface area contributed by atoms with Crippen LogP contribution in [0.5, 0.6) is 0 Å². The number of hydrogen-bond donors (Lipinski definition) is 2. The van der Waals surface area contributed by atoms with Crippen LogP contribution in [0.3, 0.4) is 0 Å². The number of anilines is 1. The average molecular weight is 374 g/mol. The quantitative estimate of drug-likeness (QED) is 0.395. The van der Waals surface area contributed by atoms with Gasteiger partial charge in [0.2, 0.25) is 0 Å². The average Bonchev–Trinajstić information content (AvgIpc) is 3.21. The van der Waals surface area contributed by atoms with E-state index in [0.717, 1.165) is 33.3 Å². The summed E-state index contributed by atoms with van der Waals surface area (Å²) in [5, 5.41) is 16.9. The van der Waals surface area contributed by atoms with Crippen molar-refractivity contribution in [2.75, 3.05) is 5.43 Å². The lowest BCUT2D eigenvalue weighted by Gasteiger charge is -2.11. The maximum Gasteiger partial charge on any atom is 0.155 e. The fourth-order valence-electron chi connectivity index (χ4n) is 2.95. The van der Waals surface area contributed by atoms with Crippen molar-refractivity contribution in [2.45, 2.75) is 13.5 Å². The number of aliphatic hydroxyl groups is 1. The summed E-state index contributed by atoms with van der Waals surface area (Å²) in [4.78, 5) is 8.91. The van der Waals surface area contributed by atoms with E-state index in [9.17, 15) is 5.11 Å². The summed E-state index contributed by atoms with van der Waals surface area (Å²) in [6.45, 7) is 2.09. The number of aliphatic hydroxyl groups excluding tert-OH is 1. The number of thiophene rings is 1. The van der Waals surface area contributed by atoms with E-state index in [4.69, 9.17) is 4.98 Å². The van der Waals surface area contributed by atoms with Gasteiger partial charge in [-0.3, -0.25) is 10.4 Å². The lowest BCUT2D eigenvalue weighted by Crippen LogP contribution is -1.98. The molecule has 27 heavy (non-hydrogen) atoms. The molecule has 1 aromatic carbocycles. The van der Waals surface area contributed by atoms with E-state index >= 15 is 0 Å². The normalized spacial score (nSPS) is 11.3. The van der Waals surface area contributed by atoms with Crippen LogP contribution in [-0.2, 0) is 6.61 Å². The maximum absolute atomic E-state index is 9.44. The van der Waals surface area contributed by atoms with Crippen LogP contribution < -0.4 is 5.43 Å². The number of aryl methyl sites for hydroxylation is 1. The third kappa shape index (κ3) is 3.58. The Morgan fingerprint density at radius 2 is 2.15 bits per heavy atom. The van der Waals surface area contributed by atoms with Gasteiger partial charge in [0.1, 0.15) is 0 Å². The Labute approximate surface area is 161 Å². The van der Waals surface area contributed by atoms with Crippen molar-refractivity contribution >= 4 is 33.5 Å². The molecular weight excluding hydrogens is 356 g/mol. The lowest BCUT2D eigenvalue weighted by atomic mass is 10.0. The highest BCUT2D eigenvalue weighted by molar-refractivity contribution is 7.17. The first-order valence-electron chi connectivity index (χ1n) is 8.53. The second-order valence-electron chi connectivity index (χ2n) is 6.11. The Kier molecular flexibility index (Phi) is 4.91. The maximum atomic E-state index is 9.44. The summed E-state index contributed by atoms with van der Waals surface area (Å²) in [6, 6.07) is 13.7. The number of nitrogens with one attached hydrogen (secondary N) is 1. The molecule has 134 valence electrons. The number of aromatic nitrogens is 2. The highest BCUT2D eigenvalue weighted by Crippen LogP contribution is 2.35.